The van der Waals surface area contributed by atoms with E-state index < -0.39 is 0 Å². The van der Waals surface area contributed by atoms with Crippen LogP contribution in [0.4, 0.5) is 0 Å². The zero-order valence-corrected chi connectivity index (χ0v) is 27.4. The van der Waals surface area contributed by atoms with Gasteiger partial charge in [0, 0.05) is 27.6 Å². The van der Waals surface area contributed by atoms with Crippen LogP contribution in [0.15, 0.2) is 182 Å². The van der Waals surface area contributed by atoms with Crippen molar-refractivity contribution < 1.29 is 0 Å². The maximum Gasteiger partial charge on any atom is 0.0719 e. The van der Waals surface area contributed by atoms with Crippen LogP contribution in [0.25, 0.3) is 83.4 Å². The highest BCUT2D eigenvalue weighted by atomic mass is 15.0. The van der Waals surface area contributed by atoms with Crippen molar-refractivity contribution in [2.45, 2.75) is 6.42 Å². The second-order valence-corrected chi connectivity index (χ2v) is 13.2. The van der Waals surface area contributed by atoms with Gasteiger partial charge >= 0.3 is 0 Å². The first-order chi connectivity index (χ1) is 24.8. The molecule has 9 aromatic rings. The van der Waals surface area contributed by atoms with Gasteiger partial charge in [-0.3, -0.25) is 0 Å². The molecule has 0 saturated carbocycles. The van der Waals surface area contributed by atoms with E-state index in [-0.39, 0.29) is 0 Å². The largest absolute Gasteiger partial charge is 0.309 e. The molecule has 2 heteroatoms. The SMILES string of the molecule is c1ccc(-c2cc(-c3ccccc3)nc(-c3cc(-n4c5ccccc5c5ccc(-c6ccccc6)cc54)cc4c3Cc3ccccc3-4)c2)cc1. The Morgan fingerprint density at radius 1 is 0.380 bits per heavy atom. The number of aromatic nitrogens is 2. The van der Waals surface area contributed by atoms with E-state index >= 15 is 0 Å². The molecule has 0 aliphatic heterocycles. The van der Waals surface area contributed by atoms with E-state index in [0.717, 1.165) is 34.6 Å². The topological polar surface area (TPSA) is 17.8 Å². The molecular weight excluding hydrogens is 605 g/mol. The summed E-state index contributed by atoms with van der Waals surface area (Å²) in [6.45, 7) is 0. The van der Waals surface area contributed by atoms with Gasteiger partial charge in [-0.2, -0.15) is 0 Å². The normalized spacial score (nSPS) is 11.9. The zero-order chi connectivity index (χ0) is 33.0. The molecule has 0 amide bonds. The second kappa shape index (κ2) is 11.6. The first kappa shape index (κ1) is 28.5. The van der Waals surface area contributed by atoms with Crippen LogP contribution in [0.1, 0.15) is 11.1 Å². The summed E-state index contributed by atoms with van der Waals surface area (Å²) < 4.78 is 2.46. The summed E-state index contributed by atoms with van der Waals surface area (Å²) >= 11 is 0. The summed E-state index contributed by atoms with van der Waals surface area (Å²) in [7, 11) is 0. The smallest absolute Gasteiger partial charge is 0.0719 e. The molecule has 7 aromatic carbocycles. The van der Waals surface area contributed by atoms with Crippen LogP contribution >= 0.6 is 0 Å². The summed E-state index contributed by atoms with van der Waals surface area (Å²) in [5.74, 6) is 0. The number of para-hydroxylation sites is 1. The van der Waals surface area contributed by atoms with Crippen molar-refractivity contribution in [3.63, 3.8) is 0 Å². The highest BCUT2D eigenvalue weighted by molar-refractivity contribution is 6.10. The Balaban J connectivity index is 1.27. The molecule has 2 heterocycles. The maximum absolute atomic E-state index is 5.43. The Kier molecular flexibility index (Phi) is 6.60. The van der Waals surface area contributed by atoms with E-state index in [4.69, 9.17) is 4.98 Å². The molecule has 50 heavy (non-hydrogen) atoms. The lowest BCUT2D eigenvalue weighted by Crippen LogP contribution is -2.00. The van der Waals surface area contributed by atoms with Gasteiger partial charge in [-0.1, -0.05) is 146 Å². The molecule has 2 aromatic heterocycles. The van der Waals surface area contributed by atoms with Gasteiger partial charge in [0.25, 0.3) is 0 Å². The van der Waals surface area contributed by atoms with E-state index in [9.17, 15) is 0 Å². The molecule has 1 aliphatic carbocycles. The highest BCUT2D eigenvalue weighted by Gasteiger charge is 2.25. The summed E-state index contributed by atoms with van der Waals surface area (Å²) in [6.07, 6.45) is 0.879. The number of nitrogens with zero attached hydrogens (tertiary/aromatic N) is 2. The van der Waals surface area contributed by atoms with Crippen molar-refractivity contribution in [3.05, 3.63) is 193 Å². The van der Waals surface area contributed by atoms with Crippen LogP contribution < -0.4 is 0 Å². The van der Waals surface area contributed by atoms with E-state index in [1.807, 2.05) is 0 Å². The Hall–Kier alpha value is -6.51. The molecule has 0 N–H and O–H groups in total. The lowest BCUT2D eigenvalue weighted by atomic mass is 9.94. The number of hydrogen-bond donors (Lipinski definition) is 0. The highest BCUT2D eigenvalue weighted by Crippen LogP contribution is 2.45. The first-order valence-electron chi connectivity index (χ1n) is 17.3. The summed E-state index contributed by atoms with van der Waals surface area (Å²) in [4.78, 5) is 5.43. The molecule has 0 unspecified atom stereocenters. The fraction of sp³-hybridized carbons (Fsp3) is 0.0208. The lowest BCUT2D eigenvalue weighted by Gasteiger charge is -2.17. The van der Waals surface area contributed by atoms with Crippen molar-refractivity contribution in [3.8, 4) is 61.6 Å². The number of rotatable bonds is 5. The van der Waals surface area contributed by atoms with Gasteiger partial charge in [0.2, 0.25) is 0 Å². The third kappa shape index (κ3) is 4.69. The van der Waals surface area contributed by atoms with Crippen LogP contribution in [0, 0.1) is 0 Å². The van der Waals surface area contributed by atoms with Gasteiger partial charge in [0.1, 0.15) is 0 Å². The average Bonchev–Trinajstić information content (AvgIpc) is 3.74. The minimum atomic E-state index is 0.879. The Labute approximate surface area is 291 Å². The molecule has 0 spiro atoms. The molecule has 0 atom stereocenters. The zero-order valence-electron chi connectivity index (χ0n) is 27.4. The molecule has 0 fully saturated rings. The van der Waals surface area contributed by atoms with Crippen molar-refractivity contribution in [2.75, 3.05) is 0 Å². The van der Waals surface area contributed by atoms with Crippen molar-refractivity contribution in [1.82, 2.24) is 9.55 Å². The molecule has 234 valence electrons. The first-order valence-corrected chi connectivity index (χ1v) is 17.3. The number of pyridine rings is 1. The fourth-order valence-corrected chi connectivity index (χ4v) is 7.85. The predicted molar refractivity (Wildman–Crippen MR) is 209 cm³/mol. The monoisotopic (exact) mass is 636 g/mol. The van der Waals surface area contributed by atoms with Crippen LogP contribution in [0.3, 0.4) is 0 Å². The Morgan fingerprint density at radius 2 is 0.980 bits per heavy atom. The van der Waals surface area contributed by atoms with E-state index in [1.54, 1.807) is 0 Å². The number of hydrogen-bond acceptors (Lipinski definition) is 1. The summed E-state index contributed by atoms with van der Waals surface area (Å²) in [5.41, 5.74) is 17.8. The molecule has 0 saturated heterocycles. The number of benzene rings is 7. The van der Waals surface area contributed by atoms with E-state index in [1.165, 1.54) is 66.3 Å². The summed E-state index contributed by atoms with van der Waals surface area (Å²) in [6, 6.07) is 65.8. The van der Waals surface area contributed by atoms with Gasteiger partial charge in [-0.25, -0.2) is 4.98 Å². The van der Waals surface area contributed by atoms with Gasteiger partial charge < -0.3 is 4.57 Å². The molecule has 1 aliphatic rings. The van der Waals surface area contributed by atoms with Crippen molar-refractivity contribution >= 4 is 21.8 Å². The van der Waals surface area contributed by atoms with Gasteiger partial charge in [0.05, 0.1) is 22.4 Å². The van der Waals surface area contributed by atoms with Crippen LogP contribution in [0.2, 0.25) is 0 Å². The summed E-state index contributed by atoms with van der Waals surface area (Å²) in [5, 5.41) is 2.50. The number of fused-ring (bicyclic) bond motifs is 6. The second-order valence-electron chi connectivity index (χ2n) is 13.2. The maximum atomic E-state index is 5.43. The standard InChI is InChI=1S/C48H32N2/c1-4-14-32(15-5-1)35-24-25-41-40-22-12-13-23-47(40)50(48(41)29-35)38-30-43-39-21-11-10-20-36(39)26-42(43)44(31-38)46-28-37(33-16-6-2-7-17-33)27-45(49-46)34-18-8-3-9-19-34/h1-25,27-31H,26H2. The molecule has 0 bridgehead atoms. The molecule has 0 radical (unpaired) electrons. The van der Waals surface area contributed by atoms with Crippen LogP contribution in [-0.4, -0.2) is 9.55 Å². The van der Waals surface area contributed by atoms with Crippen molar-refractivity contribution in [2.24, 2.45) is 0 Å². The molecular formula is C48H32N2. The van der Waals surface area contributed by atoms with Gasteiger partial charge in [-0.15, -0.1) is 0 Å². The quantitative estimate of drug-likeness (QED) is 0.184. The fourth-order valence-electron chi connectivity index (χ4n) is 7.85. The average molecular weight is 637 g/mol. The van der Waals surface area contributed by atoms with Crippen molar-refractivity contribution in [1.29, 1.82) is 0 Å². The minimum absolute atomic E-state index is 0.879. The minimum Gasteiger partial charge on any atom is -0.309 e. The van der Waals surface area contributed by atoms with Gasteiger partial charge in [-0.05, 0) is 87.3 Å². The van der Waals surface area contributed by atoms with Crippen LogP contribution in [0.5, 0.6) is 0 Å². The predicted octanol–water partition coefficient (Wildman–Crippen LogP) is 12.4. The lowest BCUT2D eigenvalue weighted by molar-refractivity contribution is 1.17. The van der Waals surface area contributed by atoms with Crippen LogP contribution in [-0.2, 0) is 6.42 Å². The van der Waals surface area contributed by atoms with E-state index in [0.29, 0.717) is 0 Å². The van der Waals surface area contributed by atoms with Gasteiger partial charge in [0.15, 0.2) is 0 Å². The third-order valence-corrected chi connectivity index (χ3v) is 10.2. The third-order valence-electron chi connectivity index (χ3n) is 10.2. The molecule has 2 nitrogen and oxygen atoms in total. The Bertz CT molecular complexity index is 2650. The molecule has 10 rings (SSSR count). The Morgan fingerprint density at radius 3 is 1.76 bits per heavy atom. The van der Waals surface area contributed by atoms with E-state index in [2.05, 4.69) is 187 Å².